The molecule has 0 saturated carbocycles. The van der Waals surface area contributed by atoms with Crippen LogP contribution in [0, 0.1) is 5.82 Å². The van der Waals surface area contributed by atoms with Gasteiger partial charge in [0.05, 0.1) is 0 Å². The van der Waals surface area contributed by atoms with Gasteiger partial charge in [-0.3, -0.25) is 0 Å². The maximum absolute atomic E-state index is 13.9. The van der Waals surface area contributed by atoms with E-state index < -0.39 is 0 Å². The topological polar surface area (TPSA) is 12.0 Å². The molecule has 0 unspecified atom stereocenters. The molecule has 1 aromatic carbocycles. The third kappa shape index (κ3) is 3.80. The Morgan fingerprint density at radius 1 is 1.24 bits per heavy atom. The van der Waals surface area contributed by atoms with E-state index in [1.54, 1.807) is 23.0 Å². The maximum Gasteiger partial charge on any atom is 0.131 e. The summed E-state index contributed by atoms with van der Waals surface area (Å²) in [6, 6.07) is 9.33. The average Bonchev–Trinajstić information content (AvgIpc) is 3.18. The zero-order valence-corrected chi connectivity index (χ0v) is 12.9. The first kappa shape index (κ1) is 14.5. The monoisotopic (exact) mass is 301 g/mol. The molecule has 0 radical (unpaired) electrons. The lowest BCUT2D eigenvalue weighted by atomic mass is 10.1. The van der Waals surface area contributed by atoms with Crippen molar-refractivity contribution in [3.05, 3.63) is 58.7 Å². The van der Waals surface area contributed by atoms with Gasteiger partial charge in [0.1, 0.15) is 5.82 Å². The van der Waals surface area contributed by atoms with E-state index in [-0.39, 0.29) is 5.82 Å². The number of rotatable bonds is 6. The van der Waals surface area contributed by atoms with Crippen molar-refractivity contribution in [3.8, 4) is 10.4 Å². The first-order valence-electron chi connectivity index (χ1n) is 7.54. The number of allylic oxidation sites excluding steroid dienone is 1. The zero-order valence-electron chi connectivity index (χ0n) is 12.1. The molecule has 0 spiro atoms. The Labute approximate surface area is 129 Å². The largest absolute Gasteiger partial charge is 0.312 e. The van der Waals surface area contributed by atoms with Crippen LogP contribution in [0.3, 0.4) is 0 Å². The van der Waals surface area contributed by atoms with Gasteiger partial charge in [-0.05, 0) is 61.4 Å². The van der Waals surface area contributed by atoms with Crippen molar-refractivity contribution in [3.63, 3.8) is 0 Å². The highest BCUT2D eigenvalue weighted by molar-refractivity contribution is 7.13. The summed E-state index contributed by atoms with van der Waals surface area (Å²) in [5.41, 5.74) is 3.43. The van der Waals surface area contributed by atoms with Crippen LogP contribution in [0.1, 0.15) is 31.2 Å². The number of halogens is 1. The van der Waals surface area contributed by atoms with Crippen LogP contribution >= 0.6 is 11.3 Å². The van der Waals surface area contributed by atoms with Gasteiger partial charge < -0.3 is 5.32 Å². The first-order valence-corrected chi connectivity index (χ1v) is 8.42. The number of hydrogen-bond acceptors (Lipinski definition) is 2. The van der Waals surface area contributed by atoms with Crippen LogP contribution in [0.2, 0.25) is 0 Å². The fraction of sp³-hybridized carbons (Fsp3) is 0.333. The smallest absolute Gasteiger partial charge is 0.131 e. The minimum atomic E-state index is -0.141. The number of hydrogen-bond donors (Lipinski definition) is 1. The standard InChI is InChI=1S/C18H20FNS/c19-17-8-7-15(12-16(17)18-6-3-11-21-18)13-20-10-9-14-4-1-2-5-14/h3-4,6-8,11-12,20H,1-2,5,9-10,13H2. The Hall–Kier alpha value is -1.45. The van der Waals surface area contributed by atoms with Gasteiger partial charge in [0, 0.05) is 17.0 Å². The van der Waals surface area contributed by atoms with E-state index in [0.717, 1.165) is 30.0 Å². The molecule has 0 aliphatic heterocycles. The normalized spacial score (nSPS) is 14.4. The third-order valence-corrected chi connectivity index (χ3v) is 4.81. The average molecular weight is 301 g/mol. The van der Waals surface area contributed by atoms with Crippen molar-refractivity contribution in [2.45, 2.75) is 32.2 Å². The second-order valence-electron chi connectivity index (χ2n) is 5.47. The molecule has 110 valence electrons. The summed E-state index contributed by atoms with van der Waals surface area (Å²) in [4.78, 5) is 0.991. The van der Waals surface area contributed by atoms with Crippen LogP contribution < -0.4 is 5.32 Å². The molecule has 0 amide bonds. The summed E-state index contributed by atoms with van der Waals surface area (Å²) in [7, 11) is 0. The molecule has 1 aliphatic rings. The molecular formula is C18H20FNS. The van der Waals surface area contributed by atoms with Gasteiger partial charge >= 0.3 is 0 Å². The third-order valence-electron chi connectivity index (χ3n) is 3.90. The quantitative estimate of drug-likeness (QED) is 0.575. The van der Waals surface area contributed by atoms with Crippen molar-refractivity contribution in [2.24, 2.45) is 0 Å². The molecule has 1 nitrogen and oxygen atoms in total. The lowest BCUT2D eigenvalue weighted by Crippen LogP contribution is -2.15. The number of thiophene rings is 1. The van der Waals surface area contributed by atoms with Crippen molar-refractivity contribution in [1.82, 2.24) is 5.32 Å². The van der Waals surface area contributed by atoms with Crippen molar-refractivity contribution < 1.29 is 4.39 Å². The van der Waals surface area contributed by atoms with E-state index in [1.807, 2.05) is 29.6 Å². The summed E-state index contributed by atoms with van der Waals surface area (Å²) in [6.45, 7) is 1.80. The minimum Gasteiger partial charge on any atom is -0.312 e. The van der Waals surface area contributed by atoms with Crippen molar-refractivity contribution >= 4 is 11.3 Å². The SMILES string of the molecule is Fc1ccc(CNCCC2=CCCC2)cc1-c1cccs1. The molecule has 1 aliphatic carbocycles. The molecule has 1 heterocycles. The van der Waals surface area contributed by atoms with Crippen molar-refractivity contribution in [2.75, 3.05) is 6.54 Å². The molecule has 0 bridgehead atoms. The molecule has 0 atom stereocenters. The fourth-order valence-electron chi connectivity index (χ4n) is 2.75. The van der Waals surface area contributed by atoms with Crippen LogP contribution in [0.25, 0.3) is 10.4 Å². The lowest BCUT2D eigenvalue weighted by molar-refractivity contribution is 0.628. The Kier molecular flexibility index (Phi) is 4.84. The minimum absolute atomic E-state index is 0.141. The van der Waals surface area contributed by atoms with Gasteiger partial charge in [-0.1, -0.05) is 23.8 Å². The van der Waals surface area contributed by atoms with E-state index >= 15 is 0 Å². The highest BCUT2D eigenvalue weighted by atomic mass is 32.1. The van der Waals surface area contributed by atoms with Gasteiger partial charge in [0.15, 0.2) is 0 Å². The van der Waals surface area contributed by atoms with Crippen LogP contribution in [-0.4, -0.2) is 6.54 Å². The van der Waals surface area contributed by atoms with Crippen LogP contribution in [0.5, 0.6) is 0 Å². The van der Waals surface area contributed by atoms with Gasteiger partial charge in [0.25, 0.3) is 0 Å². The molecule has 1 aromatic heterocycles. The zero-order chi connectivity index (χ0) is 14.5. The lowest BCUT2D eigenvalue weighted by Gasteiger charge is -2.08. The maximum atomic E-state index is 13.9. The molecule has 0 saturated heterocycles. The Morgan fingerprint density at radius 2 is 2.19 bits per heavy atom. The summed E-state index contributed by atoms with van der Waals surface area (Å²) >= 11 is 1.58. The van der Waals surface area contributed by atoms with Crippen LogP contribution in [0.15, 0.2) is 47.4 Å². The Balaban J connectivity index is 1.57. The van der Waals surface area contributed by atoms with Crippen LogP contribution in [0.4, 0.5) is 4.39 Å². The predicted molar refractivity (Wildman–Crippen MR) is 88.0 cm³/mol. The first-order chi connectivity index (χ1) is 10.3. The number of benzene rings is 1. The van der Waals surface area contributed by atoms with Crippen molar-refractivity contribution in [1.29, 1.82) is 0 Å². The molecule has 3 heteroatoms. The summed E-state index contributed by atoms with van der Waals surface area (Å²) in [6.07, 6.45) is 7.34. The molecule has 1 N–H and O–H groups in total. The number of nitrogens with one attached hydrogen (secondary N) is 1. The van der Waals surface area contributed by atoms with E-state index in [0.29, 0.717) is 5.56 Å². The fourth-order valence-corrected chi connectivity index (χ4v) is 3.49. The van der Waals surface area contributed by atoms with Gasteiger partial charge in [0.2, 0.25) is 0 Å². The molecule has 2 aromatic rings. The Bertz CT molecular complexity index is 616. The summed E-state index contributed by atoms with van der Waals surface area (Å²) in [5, 5.41) is 5.44. The van der Waals surface area contributed by atoms with E-state index in [4.69, 9.17) is 0 Å². The summed E-state index contributed by atoms with van der Waals surface area (Å²) < 4.78 is 13.9. The molecule has 3 rings (SSSR count). The second kappa shape index (κ2) is 7.01. The molecule has 21 heavy (non-hydrogen) atoms. The summed E-state index contributed by atoms with van der Waals surface area (Å²) in [5.74, 6) is -0.141. The van der Waals surface area contributed by atoms with Gasteiger partial charge in [-0.2, -0.15) is 0 Å². The van der Waals surface area contributed by atoms with E-state index in [9.17, 15) is 4.39 Å². The highest BCUT2D eigenvalue weighted by Gasteiger charge is 2.07. The van der Waals surface area contributed by atoms with Gasteiger partial charge in [-0.15, -0.1) is 11.3 Å². The molecule has 0 fully saturated rings. The second-order valence-corrected chi connectivity index (χ2v) is 6.42. The Morgan fingerprint density at radius 3 is 2.95 bits per heavy atom. The van der Waals surface area contributed by atoms with Crippen LogP contribution in [-0.2, 0) is 6.54 Å². The van der Waals surface area contributed by atoms with E-state index in [2.05, 4.69) is 11.4 Å². The van der Waals surface area contributed by atoms with Gasteiger partial charge in [-0.25, -0.2) is 4.39 Å². The molecular weight excluding hydrogens is 281 g/mol. The van der Waals surface area contributed by atoms with E-state index in [1.165, 1.54) is 19.3 Å². The predicted octanol–water partition coefficient (Wildman–Crippen LogP) is 5.14. The highest BCUT2D eigenvalue weighted by Crippen LogP contribution is 2.28.